The van der Waals surface area contributed by atoms with Crippen LogP contribution in [-0.2, 0) is 17.8 Å². The zero-order chi connectivity index (χ0) is 27.0. The summed E-state index contributed by atoms with van der Waals surface area (Å²) in [6.45, 7) is 8.78. The van der Waals surface area contributed by atoms with Crippen LogP contribution in [0.3, 0.4) is 0 Å². The Kier molecular flexibility index (Phi) is 8.96. The minimum Gasteiger partial charge on any atom is -0.493 e. The Hall–Kier alpha value is -3.62. The number of likely N-dealkylation sites (tertiary alicyclic amines) is 1. The molecule has 1 amide bonds. The van der Waals surface area contributed by atoms with Crippen molar-refractivity contribution in [3.63, 3.8) is 0 Å². The van der Waals surface area contributed by atoms with Crippen LogP contribution in [0.15, 0.2) is 60.8 Å². The number of methoxy groups -OCH3 is 1. The van der Waals surface area contributed by atoms with Gasteiger partial charge in [-0.1, -0.05) is 37.3 Å². The fraction of sp³-hybridized carbons (Fsp3) is 0.419. The van der Waals surface area contributed by atoms with Crippen LogP contribution in [0.1, 0.15) is 40.0 Å². The van der Waals surface area contributed by atoms with Crippen molar-refractivity contribution in [1.29, 1.82) is 0 Å². The molecule has 0 bridgehead atoms. The van der Waals surface area contributed by atoms with Crippen LogP contribution in [0.25, 0.3) is 0 Å². The van der Waals surface area contributed by atoms with Gasteiger partial charge in [0.2, 0.25) is 0 Å². The number of carbonyl (C=O) groups is 1. The van der Waals surface area contributed by atoms with E-state index >= 15 is 0 Å². The number of ether oxygens (including phenoxy) is 4. The van der Waals surface area contributed by atoms with E-state index in [4.69, 9.17) is 18.9 Å². The van der Waals surface area contributed by atoms with Crippen LogP contribution < -0.4 is 14.2 Å². The quantitative estimate of drug-likeness (QED) is 0.368. The minimum atomic E-state index is -0.0628. The smallest absolute Gasteiger partial charge is 0.272 e. The minimum absolute atomic E-state index is 0.0628. The summed E-state index contributed by atoms with van der Waals surface area (Å²) in [5.41, 5.74) is 3.99. The Morgan fingerprint density at radius 3 is 2.44 bits per heavy atom. The first-order valence-electron chi connectivity index (χ1n) is 13.7. The first-order chi connectivity index (χ1) is 19.1. The maximum Gasteiger partial charge on any atom is 0.272 e. The van der Waals surface area contributed by atoms with E-state index < -0.39 is 0 Å². The van der Waals surface area contributed by atoms with Gasteiger partial charge in [0.15, 0.2) is 11.5 Å². The lowest BCUT2D eigenvalue weighted by atomic mass is 9.91. The highest BCUT2D eigenvalue weighted by Gasteiger charge is 2.33. The third kappa shape index (κ3) is 6.88. The fourth-order valence-electron chi connectivity index (χ4n) is 4.82. The average Bonchev–Trinajstić information content (AvgIpc) is 2.96. The number of rotatable bonds is 11. The molecule has 3 heterocycles. The zero-order valence-corrected chi connectivity index (χ0v) is 22.8. The van der Waals surface area contributed by atoms with Gasteiger partial charge in [0.25, 0.3) is 5.91 Å². The predicted molar refractivity (Wildman–Crippen MR) is 149 cm³/mol. The highest BCUT2D eigenvalue weighted by atomic mass is 16.5. The van der Waals surface area contributed by atoms with Crippen LogP contribution >= 0.6 is 0 Å². The summed E-state index contributed by atoms with van der Waals surface area (Å²) in [6.07, 6.45) is 2.65. The van der Waals surface area contributed by atoms with Gasteiger partial charge < -0.3 is 23.8 Å². The Bertz CT molecular complexity index is 1220. The lowest BCUT2D eigenvalue weighted by Crippen LogP contribution is -2.48. The first kappa shape index (κ1) is 27.0. The number of benzene rings is 2. The Morgan fingerprint density at radius 1 is 0.974 bits per heavy atom. The van der Waals surface area contributed by atoms with Gasteiger partial charge in [0.1, 0.15) is 24.7 Å². The molecule has 0 saturated carbocycles. The SMILES string of the molecule is CCc1ccc(COc2ccc(C3CN(C(=O)c4ccc(OCCN5CCOCC5)cn4)C3)cc2OC)cc1. The highest BCUT2D eigenvalue weighted by Crippen LogP contribution is 2.35. The number of hydrogen-bond acceptors (Lipinski definition) is 7. The maximum atomic E-state index is 12.9. The standard InChI is InChI=1S/C31H37N3O5/c1-3-23-4-6-24(7-5-23)22-39-29-11-8-25(18-30(29)36-2)26-20-34(21-26)31(35)28-10-9-27(19-32-28)38-17-14-33-12-15-37-16-13-33/h4-11,18-19,26H,3,12-17,20-22H2,1-2H3. The van der Waals surface area contributed by atoms with Crippen LogP contribution in [-0.4, -0.2) is 80.3 Å². The fourth-order valence-corrected chi connectivity index (χ4v) is 4.82. The predicted octanol–water partition coefficient (Wildman–Crippen LogP) is 4.18. The van der Waals surface area contributed by atoms with Crippen LogP contribution in [0, 0.1) is 0 Å². The summed E-state index contributed by atoms with van der Waals surface area (Å²) >= 11 is 0. The van der Waals surface area contributed by atoms with Crippen LogP contribution in [0.4, 0.5) is 0 Å². The normalized spacial score (nSPS) is 16.0. The number of hydrogen-bond donors (Lipinski definition) is 0. The van der Waals surface area contributed by atoms with Crippen molar-refractivity contribution in [2.75, 3.05) is 59.7 Å². The van der Waals surface area contributed by atoms with Crippen molar-refractivity contribution in [2.24, 2.45) is 0 Å². The van der Waals surface area contributed by atoms with Gasteiger partial charge in [0, 0.05) is 38.6 Å². The summed E-state index contributed by atoms with van der Waals surface area (Å²) in [7, 11) is 1.65. The second-order valence-corrected chi connectivity index (χ2v) is 9.96. The molecular weight excluding hydrogens is 494 g/mol. The summed E-state index contributed by atoms with van der Waals surface area (Å²) in [5, 5.41) is 0. The van der Waals surface area contributed by atoms with Gasteiger partial charge in [0.05, 0.1) is 26.5 Å². The van der Waals surface area contributed by atoms with E-state index in [-0.39, 0.29) is 11.8 Å². The van der Waals surface area contributed by atoms with Crippen LogP contribution in [0.5, 0.6) is 17.2 Å². The Balaban J connectivity index is 1.09. The molecule has 0 aliphatic carbocycles. The van der Waals surface area contributed by atoms with Crippen LogP contribution in [0.2, 0.25) is 0 Å². The number of nitrogens with zero attached hydrogens (tertiary/aromatic N) is 3. The third-order valence-electron chi connectivity index (χ3n) is 7.39. The summed E-state index contributed by atoms with van der Waals surface area (Å²) in [5.74, 6) is 2.28. The lowest BCUT2D eigenvalue weighted by Gasteiger charge is -2.39. The molecule has 2 aliphatic rings. The molecule has 0 radical (unpaired) electrons. The van der Waals surface area contributed by atoms with E-state index in [1.165, 1.54) is 5.56 Å². The molecule has 39 heavy (non-hydrogen) atoms. The molecule has 5 rings (SSSR count). The number of carbonyl (C=O) groups excluding carboxylic acids is 1. The topological polar surface area (TPSA) is 73.4 Å². The van der Waals surface area contributed by atoms with E-state index in [1.54, 1.807) is 19.4 Å². The molecule has 2 fully saturated rings. The third-order valence-corrected chi connectivity index (χ3v) is 7.39. The van der Waals surface area contributed by atoms with Gasteiger partial charge in [-0.05, 0) is 47.4 Å². The molecule has 8 nitrogen and oxygen atoms in total. The highest BCUT2D eigenvalue weighted by molar-refractivity contribution is 5.93. The summed E-state index contributed by atoms with van der Waals surface area (Å²) in [6, 6.07) is 18.1. The molecule has 3 aromatic rings. The summed E-state index contributed by atoms with van der Waals surface area (Å²) in [4.78, 5) is 21.4. The number of amides is 1. The number of pyridine rings is 1. The molecule has 2 aromatic carbocycles. The molecule has 8 heteroatoms. The van der Waals surface area contributed by atoms with E-state index in [0.717, 1.165) is 50.4 Å². The molecule has 0 N–H and O–H groups in total. The van der Waals surface area contributed by atoms with Crippen molar-refractivity contribution < 1.29 is 23.7 Å². The molecule has 1 aromatic heterocycles. The van der Waals surface area contributed by atoms with E-state index in [9.17, 15) is 4.79 Å². The molecular formula is C31H37N3O5. The van der Waals surface area contributed by atoms with Gasteiger partial charge >= 0.3 is 0 Å². The summed E-state index contributed by atoms with van der Waals surface area (Å²) < 4.78 is 22.8. The number of aryl methyl sites for hydroxylation is 1. The maximum absolute atomic E-state index is 12.9. The van der Waals surface area contributed by atoms with Gasteiger partial charge in [-0.15, -0.1) is 0 Å². The van der Waals surface area contributed by atoms with Crippen molar-refractivity contribution in [1.82, 2.24) is 14.8 Å². The van der Waals surface area contributed by atoms with Gasteiger partial charge in [-0.3, -0.25) is 9.69 Å². The molecule has 0 spiro atoms. The van der Waals surface area contributed by atoms with E-state index in [0.29, 0.717) is 49.2 Å². The van der Waals surface area contributed by atoms with Crippen molar-refractivity contribution in [3.05, 3.63) is 83.2 Å². The molecule has 2 saturated heterocycles. The Morgan fingerprint density at radius 2 is 1.74 bits per heavy atom. The lowest BCUT2D eigenvalue weighted by molar-refractivity contribution is 0.0322. The van der Waals surface area contributed by atoms with Gasteiger partial charge in [-0.25, -0.2) is 4.98 Å². The van der Waals surface area contributed by atoms with Crippen molar-refractivity contribution in [3.8, 4) is 17.2 Å². The molecule has 0 unspecified atom stereocenters. The van der Waals surface area contributed by atoms with Gasteiger partial charge in [-0.2, -0.15) is 0 Å². The first-order valence-corrected chi connectivity index (χ1v) is 13.7. The number of aromatic nitrogens is 1. The zero-order valence-electron chi connectivity index (χ0n) is 22.8. The molecule has 2 aliphatic heterocycles. The van der Waals surface area contributed by atoms with Crippen molar-refractivity contribution in [2.45, 2.75) is 25.9 Å². The monoisotopic (exact) mass is 531 g/mol. The largest absolute Gasteiger partial charge is 0.493 e. The van der Waals surface area contributed by atoms with E-state index in [1.807, 2.05) is 23.1 Å². The molecule has 206 valence electrons. The van der Waals surface area contributed by atoms with Crippen molar-refractivity contribution >= 4 is 5.91 Å². The van der Waals surface area contributed by atoms with E-state index in [2.05, 4.69) is 47.1 Å². The Labute approximate surface area is 230 Å². The second kappa shape index (κ2) is 13.0. The average molecular weight is 532 g/mol. The second-order valence-electron chi connectivity index (χ2n) is 9.96. The number of morpholine rings is 1. The molecule has 0 atom stereocenters.